The third-order valence-corrected chi connectivity index (χ3v) is 9.96. The molecule has 1 atom stereocenters. The molecule has 0 saturated carbocycles. The summed E-state index contributed by atoms with van der Waals surface area (Å²) in [6.07, 6.45) is 4.40. The fraction of sp³-hybridized carbons (Fsp3) is 0.739. The van der Waals surface area contributed by atoms with Gasteiger partial charge in [0.15, 0.2) is 8.32 Å². The van der Waals surface area contributed by atoms with E-state index in [1.807, 2.05) is 33.8 Å². The second kappa shape index (κ2) is 12.7. The van der Waals surface area contributed by atoms with Gasteiger partial charge in [-0.25, -0.2) is 9.59 Å². The lowest BCUT2D eigenvalue weighted by atomic mass is 10.2. The lowest BCUT2D eigenvalue weighted by Gasteiger charge is -2.39. The van der Waals surface area contributed by atoms with Gasteiger partial charge in [-0.05, 0) is 52.8 Å². The number of hydrogen-bond acceptors (Lipinski definition) is 5. The van der Waals surface area contributed by atoms with Crippen LogP contribution in [0.5, 0.6) is 0 Å². The molecule has 0 aromatic carbocycles. The number of carbonyl (C=O) groups is 2. The topological polar surface area (TPSA) is 65.1 Å². The maximum Gasteiger partial charge on any atom is 0.411 e. The van der Waals surface area contributed by atoms with E-state index in [2.05, 4.69) is 33.9 Å². The fourth-order valence-electron chi connectivity index (χ4n) is 2.11. The van der Waals surface area contributed by atoms with Gasteiger partial charge in [-0.3, -0.25) is 4.90 Å². The zero-order valence-electron chi connectivity index (χ0n) is 21.0. The molecular weight excluding hydrogens is 434 g/mol. The van der Waals surface area contributed by atoms with Crippen molar-refractivity contribution in [2.24, 2.45) is 0 Å². The number of hydrogen-bond donors (Lipinski definition) is 0. The smallest absolute Gasteiger partial charge is 0.411 e. The van der Waals surface area contributed by atoms with Crippen LogP contribution >= 0.6 is 11.6 Å². The van der Waals surface area contributed by atoms with E-state index in [1.165, 1.54) is 6.08 Å². The van der Waals surface area contributed by atoms with Gasteiger partial charge in [0, 0.05) is 18.5 Å². The normalized spacial score (nSPS) is 14.5. The third kappa shape index (κ3) is 11.8. The van der Waals surface area contributed by atoms with Crippen molar-refractivity contribution >= 4 is 32.0 Å². The molecule has 0 aromatic heterocycles. The quantitative estimate of drug-likeness (QED) is 0.129. The van der Waals surface area contributed by atoms with E-state index in [0.717, 1.165) is 5.57 Å². The second-order valence-corrected chi connectivity index (χ2v) is 15.1. The molecule has 0 unspecified atom stereocenters. The van der Waals surface area contributed by atoms with Crippen molar-refractivity contribution in [2.45, 2.75) is 85.2 Å². The summed E-state index contributed by atoms with van der Waals surface area (Å²) in [4.78, 5) is 26.5. The van der Waals surface area contributed by atoms with E-state index in [0.29, 0.717) is 5.88 Å². The largest absolute Gasteiger partial charge is 0.463 e. The van der Waals surface area contributed by atoms with Gasteiger partial charge in [-0.2, -0.15) is 0 Å². The summed E-state index contributed by atoms with van der Waals surface area (Å²) >= 11 is 5.91. The van der Waals surface area contributed by atoms with E-state index in [4.69, 9.17) is 25.5 Å². The highest BCUT2D eigenvalue weighted by molar-refractivity contribution is 6.74. The van der Waals surface area contributed by atoms with Crippen LogP contribution in [0.3, 0.4) is 0 Å². The Labute approximate surface area is 195 Å². The lowest BCUT2D eigenvalue weighted by Crippen LogP contribution is -2.48. The highest BCUT2D eigenvalue weighted by Crippen LogP contribution is 2.36. The van der Waals surface area contributed by atoms with Crippen LogP contribution in [0.4, 0.5) is 4.79 Å². The number of esters is 1. The number of nitrogens with zero attached hydrogens (tertiary/aromatic N) is 1. The molecule has 6 nitrogen and oxygen atoms in total. The number of carbonyl (C=O) groups excluding carboxylic acids is 2. The summed E-state index contributed by atoms with van der Waals surface area (Å²) < 4.78 is 17.0. The average Bonchev–Trinajstić information content (AvgIpc) is 2.60. The van der Waals surface area contributed by atoms with Crippen LogP contribution in [-0.2, 0) is 18.7 Å². The van der Waals surface area contributed by atoms with E-state index >= 15 is 0 Å². The minimum Gasteiger partial charge on any atom is -0.463 e. The Morgan fingerprint density at radius 3 is 2.16 bits per heavy atom. The molecular formula is C23H42ClNO5Si. The summed E-state index contributed by atoms with van der Waals surface area (Å²) in [5, 5.41) is 0.00820. The van der Waals surface area contributed by atoms with Gasteiger partial charge < -0.3 is 13.9 Å². The van der Waals surface area contributed by atoms with Gasteiger partial charge >= 0.3 is 12.1 Å². The van der Waals surface area contributed by atoms with E-state index in [1.54, 1.807) is 17.9 Å². The summed E-state index contributed by atoms with van der Waals surface area (Å²) in [6.45, 7) is 20.7. The van der Waals surface area contributed by atoms with Crippen LogP contribution < -0.4 is 0 Å². The van der Waals surface area contributed by atoms with E-state index in [9.17, 15) is 9.59 Å². The summed E-state index contributed by atoms with van der Waals surface area (Å²) in [5.74, 6) is -0.0946. The van der Waals surface area contributed by atoms with Gasteiger partial charge in [0.2, 0.25) is 0 Å². The predicted molar refractivity (Wildman–Crippen MR) is 130 cm³/mol. The molecule has 0 saturated heterocycles. The van der Waals surface area contributed by atoms with Crippen molar-refractivity contribution in [1.82, 2.24) is 4.90 Å². The average molecular weight is 476 g/mol. The number of ether oxygens (including phenoxy) is 2. The summed E-state index contributed by atoms with van der Waals surface area (Å²) in [5.41, 5.74) is 0.282. The van der Waals surface area contributed by atoms with Crippen molar-refractivity contribution in [2.75, 3.05) is 25.6 Å². The Bertz CT molecular complexity index is 647. The maximum absolute atomic E-state index is 13.0. The molecule has 0 radical (unpaired) electrons. The molecule has 0 fully saturated rings. The van der Waals surface area contributed by atoms with Crippen molar-refractivity contribution in [3.63, 3.8) is 0 Å². The number of halogens is 1. The van der Waals surface area contributed by atoms with Crippen LogP contribution in [0.25, 0.3) is 0 Å². The van der Waals surface area contributed by atoms with Gasteiger partial charge in [0.05, 0.1) is 19.3 Å². The maximum atomic E-state index is 13.0. The van der Waals surface area contributed by atoms with E-state index in [-0.39, 0.29) is 24.8 Å². The number of amides is 1. The van der Waals surface area contributed by atoms with Crippen molar-refractivity contribution in [3.8, 4) is 0 Å². The molecule has 0 bridgehead atoms. The Balaban J connectivity index is 5.97. The third-order valence-electron chi connectivity index (χ3n) is 5.04. The minimum atomic E-state index is -2.08. The van der Waals surface area contributed by atoms with Gasteiger partial charge in [-0.1, -0.05) is 38.5 Å². The molecule has 0 heterocycles. The Morgan fingerprint density at radius 1 is 1.13 bits per heavy atom. The second-order valence-electron chi connectivity index (χ2n) is 10.1. The zero-order valence-corrected chi connectivity index (χ0v) is 22.8. The lowest BCUT2D eigenvalue weighted by molar-refractivity contribution is -0.137. The first-order chi connectivity index (χ1) is 14.0. The van der Waals surface area contributed by atoms with Crippen LogP contribution in [0.2, 0.25) is 18.1 Å². The molecule has 0 aliphatic carbocycles. The Morgan fingerprint density at radius 2 is 1.71 bits per heavy atom. The minimum absolute atomic E-state index is 0.00820. The Hall–Kier alpha value is -1.31. The molecule has 31 heavy (non-hydrogen) atoms. The van der Waals surface area contributed by atoms with Crippen molar-refractivity contribution < 1.29 is 23.5 Å². The number of allylic oxidation sites excluding steroid dienone is 1. The Kier molecular flexibility index (Phi) is 12.1. The van der Waals surface area contributed by atoms with Crippen molar-refractivity contribution in [3.05, 3.63) is 23.8 Å². The first-order valence-electron chi connectivity index (χ1n) is 10.7. The summed E-state index contributed by atoms with van der Waals surface area (Å²) in [7, 11) is -2.08. The van der Waals surface area contributed by atoms with Crippen molar-refractivity contribution in [1.29, 1.82) is 0 Å². The molecule has 0 aliphatic heterocycles. The van der Waals surface area contributed by atoms with E-state index < -0.39 is 32.0 Å². The first-order valence-corrected chi connectivity index (χ1v) is 14.2. The number of rotatable bonds is 10. The summed E-state index contributed by atoms with van der Waals surface area (Å²) in [6, 6.07) is -0.507. The standard InChI is InChI=1S/C23H42ClNO5Si/c1-11-28-20(26)13-12-19(17-29-31(9,10)23(6,7)8)25(15-14-18(2)16-24)21(27)30-22(3,4)5/h12-14,19H,11,15-17H2,1-10H3/b13-12+,18-14+/t19-/m0/s1. The first kappa shape index (κ1) is 29.7. The molecule has 1 amide bonds. The van der Waals surface area contributed by atoms with Crippen LogP contribution in [0, 0.1) is 0 Å². The highest BCUT2D eigenvalue weighted by Gasteiger charge is 2.38. The monoisotopic (exact) mass is 475 g/mol. The molecule has 0 spiro atoms. The molecule has 180 valence electrons. The molecule has 0 N–H and O–H groups in total. The molecule has 8 heteroatoms. The highest BCUT2D eigenvalue weighted by atomic mass is 35.5. The zero-order chi connectivity index (χ0) is 24.5. The fourth-order valence-corrected chi connectivity index (χ4v) is 3.24. The van der Waals surface area contributed by atoms with Crippen LogP contribution in [-0.4, -0.2) is 62.6 Å². The number of alkyl halides is 1. The van der Waals surface area contributed by atoms with Gasteiger partial charge in [0.1, 0.15) is 5.60 Å². The van der Waals surface area contributed by atoms with Crippen LogP contribution in [0.1, 0.15) is 55.4 Å². The molecule has 0 aromatic rings. The SMILES string of the molecule is CCOC(=O)/C=C/[C@@H](CO[Si](C)(C)C(C)(C)C)N(C/C=C(\C)CCl)C(=O)OC(C)(C)C. The van der Waals surface area contributed by atoms with Crippen LogP contribution in [0.15, 0.2) is 23.8 Å². The van der Waals surface area contributed by atoms with Gasteiger partial charge in [-0.15, -0.1) is 11.6 Å². The van der Waals surface area contributed by atoms with Gasteiger partial charge in [0.25, 0.3) is 0 Å². The molecule has 0 rings (SSSR count). The molecule has 0 aliphatic rings. The predicted octanol–water partition coefficient (Wildman–Crippen LogP) is 5.92.